The standard InChI is InChI=1S/C10H11BrO4/c1-14-7-4-3-6(5-8(7)15-2)9(11)10(12)13/h3-5,9H,1-2H3,(H,12,13)/t9-/m0/s1. The third-order valence-electron chi connectivity index (χ3n) is 1.92. The second kappa shape index (κ2) is 5.02. The molecule has 1 rings (SSSR count). The Kier molecular flexibility index (Phi) is 3.96. The van der Waals surface area contributed by atoms with E-state index in [1.807, 2.05) is 0 Å². The minimum atomic E-state index is -0.942. The number of carbonyl (C=O) groups is 1. The Hall–Kier alpha value is -1.23. The summed E-state index contributed by atoms with van der Waals surface area (Å²) in [6.07, 6.45) is 0. The molecule has 1 atom stereocenters. The van der Waals surface area contributed by atoms with Crippen LogP contribution in [0.2, 0.25) is 0 Å². The molecule has 0 aromatic heterocycles. The van der Waals surface area contributed by atoms with Gasteiger partial charge in [-0.05, 0) is 17.7 Å². The number of carboxylic acids is 1. The summed E-state index contributed by atoms with van der Waals surface area (Å²) in [7, 11) is 3.03. The highest BCUT2D eigenvalue weighted by Crippen LogP contribution is 2.32. The Bertz CT molecular complexity index is 364. The van der Waals surface area contributed by atoms with Crippen molar-refractivity contribution in [3.63, 3.8) is 0 Å². The number of methoxy groups -OCH3 is 2. The highest BCUT2D eigenvalue weighted by molar-refractivity contribution is 9.09. The van der Waals surface area contributed by atoms with Crippen LogP contribution in [0, 0.1) is 0 Å². The van der Waals surface area contributed by atoms with E-state index in [9.17, 15) is 4.79 Å². The molecule has 0 saturated heterocycles. The quantitative estimate of drug-likeness (QED) is 0.856. The minimum absolute atomic E-state index is 0.515. The van der Waals surface area contributed by atoms with Crippen LogP contribution < -0.4 is 9.47 Å². The Balaban J connectivity index is 3.07. The molecule has 0 aliphatic rings. The first-order valence-electron chi connectivity index (χ1n) is 4.19. The van der Waals surface area contributed by atoms with Gasteiger partial charge < -0.3 is 14.6 Å². The van der Waals surface area contributed by atoms with Crippen LogP contribution in [0.15, 0.2) is 18.2 Å². The normalized spacial score (nSPS) is 11.9. The van der Waals surface area contributed by atoms with Crippen molar-refractivity contribution in [2.75, 3.05) is 14.2 Å². The Labute approximate surface area is 95.9 Å². The molecular weight excluding hydrogens is 264 g/mol. The number of rotatable bonds is 4. The average molecular weight is 275 g/mol. The van der Waals surface area contributed by atoms with Crippen molar-refractivity contribution >= 4 is 21.9 Å². The van der Waals surface area contributed by atoms with Crippen LogP contribution in [0.4, 0.5) is 0 Å². The lowest BCUT2D eigenvalue weighted by atomic mass is 10.1. The van der Waals surface area contributed by atoms with E-state index in [1.165, 1.54) is 14.2 Å². The lowest BCUT2D eigenvalue weighted by Gasteiger charge is -2.10. The highest BCUT2D eigenvalue weighted by Gasteiger charge is 2.17. The molecule has 0 amide bonds. The summed E-state index contributed by atoms with van der Waals surface area (Å²) < 4.78 is 10.1. The maximum Gasteiger partial charge on any atom is 0.321 e. The smallest absolute Gasteiger partial charge is 0.321 e. The molecule has 4 nitrogen and oxygen atoms in total. The molecule has 0 heterocycles. The number of halogens is 1. The van der Waals surface area contributed by atoms with Crippen molar-refractivity contribution in [1.82, 2.24) is 0 Å². The van der Waals surface area contributed by atoms with E-state index in [-0.39, 0.29) is 0 Å². The first-order chi connectivity index (χ1) is 7.10. The number of benzene rings is 1. The summed E-state index contributed by atoms with van der Waals surface area (Å²) in [4.78, 5) is 10.00. The second-order valence-electron chi connectivity index (χ2n) is 2.82. The summed E-state index contributed by atoms with van der Waals surface area (Å²) in [6.45, 7) is 0. The highest BCUT2D eigenvalue weighted by atomic mass is 79.9. The lowest BCUT2D eigenvalue weighted by molar-refractivity contribution is -0.136. The van der Waals surface area contributed by atoms with Gasteiger partial charge in [0.25, 0.3) is 0 Å². The van der Waals surface area contributed by atoms with Gasteiger partial charge in [0, 0.05) is 0 Å². The van der Waals surface area contributed by atoms with E-state index in [0.717, 1.165) is 0 Å². The molecule has 0 aliphatic carbocycles. The van der Waals surface area contributed by atoms with Gasteiger partial charge >= 0.3 is 5.97 Å². The van der Waals surface area contributed by atoms with Gasteiger partial charge in [0.15, 0.2) is 11.5 Å². The topological polar surface area (TPSA) is 55.8 Å². The van der Waals surface area contributed by atoms with Crippen LogP contribution in [-0.4, -0.2) is 25.3 Å². The monoisotopic (exact) mass is 274 g/mol. The van der Waals surface area contributed by atoms with Gasteiger partial charge in [0.1, 0.15) is 4.83 Å². The number of carboxylic acid groups (broad SMARTS) is 1. The molecule has 1 N–H and O–H groups in total. The molecule has 0 unspecified atom stereocenters. The van der Waals surface area contributed by atoms with Crippen LogP contribution in [0.3, 0.4) is 0 Å². The number of hydrogen-bond donors (Lipinski definition) is 1. The van der Waals surface area contributed by atoms with Crippen LogP contribution in [0.25, 0.3) is 0 Å². The number of ether oxygens (including phenoxy) is 2. The van der Waals surface area contributed by atoms with E-state index in [2.05, 4.69) is 15.9 Å². The molecule has 1 aromatic rings. The average Bonchev–Trinajstić information content (AvgIpc) is 2.26. The third kappa shape index (κ3) is 2.62. The van der Waals surface area contributed by atoms with Crippen molar-refractivity contribution in [1.29, 1.82) is 0 Å². The Morgan fingerprint density at radius 2 is 1.93 bits per heavy atom. The first-order valence-corrected chi connectivity index (χ1v) is 5.10. The van der Waals surface area contributed by atoms with Gasteiger partial charge in [-0.15, -0.1) is 0 Å². The van der Waals surface area contributed by atoms with Crippen molar-refractivity contribution in [2.24, 2.45) is 0 Å². The molecule has 15 heavy (non-hydrogen) atoms. The summed E-state index contributed by atoms with van der Waals surface area (Å²) in [6, 6.07) is 4.98. The van der Waals surface area contributed by atoms with Crippen molar-refractivity contribution in [3.05, 3.63) is 23.8 Å². The zero-order valence-electron chi connectivity index (χ0n) is 8.36. The largest absolute Gasteiger partial charge is 0.493 e. The Morgan fingerprint density at radius 1 is 1.33 bits per heavy atom. The van der Waals surface area contributed by atoms with Crippen LogP contribution in [0.1, 0.15) is 10.4 Å². The summed E-state index contributed by atoms with van der Waals surface area (Å²) >= 11 is 3.06. The van der Waals surface area contributed by atoms with Crippen molar-refractivity contribution in [2.45, 2.75) is 4.83 Å². The van der Waals surface area contributed by atoms with Gasteiger partial charge in [0.05, 0.1) is 14.2 Å². The molecule has 0 radical (unpaired) electrons. The predicted molar refractivity (Wildman–Crippen MR) is 58.8 cm³/mol. The number of alkyl halides is 1. The number of hydrogen-bond acceptors (Lipinski definition) is 3. The summed E-state index contributed by atoms with van der Waals surface area (Å²) in [5.41, 5.74) is 0.611. The van der Waals surface area contributed by atoms with Gasteiger partial charge in [0.2, 0.25) is 0 Å². The third-order valence-corrected chi connectivity index (χ3v) is 2.84. The molecular formula is C10H11BrO4. The van der Waals surface area contributed by atoms with E-state index in [4.69, 9.17) is 14.6 Å². The molecule has 5 heteroatoms. The molecule has 82 valence electrons. The van der Waals surface area contributed by atoms with Gasteiger partial charge in [-0.1, -0.05) is 22.0 Å². The lowest BCUT2D eigenvalue weighted by Crippen LogP contribution is -2.04. The van der Waals surface area contributed by atoms with Gasteiger partial charge in [-0.25, -0.2) is 0 Å². The fourth-order valence-corrected chi connectivity index (χ4v) is 1.44. The molecule has 0 fully saturated rings. The van der Waals surface area contributed by atoms with E-state index in [1.54, 1.807) is 18.2 Å². The summed E-state index contributed by atoms with van der Waals surface area (Å²) in [5.74, 6) is 0.147. The van der Waals surface area contributed by atoms with Crippen molar-refractivity contribution < 1.29 is 19.4 Å². The van der Waals surface area contributed by atoms with Crippen LogP contribution >= 0.6 is 15.9 Å². The first kappa shape index (κ1) is 11.8. The van der Waals surface area contributed by atoms with Crippen LogP contribution in [-0.2, 0) is 4.79 Å². The zero-order chi connectivity index (χ0) is 11.4. The molecule has 0 aliphatic heterocycles. The van der Waals surface area contributed by atoms with E-state index in [0.29, 0.717) is 17.1 Å². The zero-order valence-corrected chi connectivity index (χ0v) is 9.95. The van der Waals surface area contributed by atoms with E-state index >= 15 is 0 Å². The van der Waals surface area contributed by atoms with Crippen molar-refractivity contribution in [3.8, 4) is 11.5 Å². The molecule has 0 bridgehead atoms. The molecule has 0 saturated carbocycles. The molecule has 1 aromatic carbocycles. The maximum absolute atomic E-state index is 10.7. The summed E-state index contributed by atoms with van der Waals surface area (Å²) in [5, 5.41) is 8.81. The fourth-order valence-electron chi connectivity index (χ4n) is 1.15. The Morgan fingerprint density at radius 3 is 2.40 bits per heavy atom. The second-order valence-corrected chi connectivity index (χ2v) is 3.73. The SMILES string of the molecule is COc1ccc([C@H](Br)C(=O)O)cc1OC. The van der Waals surface area contributed by atoms with Gasteiger partial charge in [-0.2, -0.15) is 0 Å². The minimum Gasteiger partial charge on any atom is -0.493 e. The number of aliphatic carboxylic acids is 1. The van der Waals surface area contributed by atoms with Crippen LogP contribution in [0.5, 0.6) is 11.5 Å². The van der Waals surface area contributed by atoms with E-state index < -0.39 is 10.8 Å². The predicted octanol–water partition coefficient (Wildman–Crippen LogP) is 2.22. The van der Waals surface area contributed by atoms with Gasteiger partial charge in [-0.3, -0.25) is 4.79 Å². The maximum atomic E-state index is 10.7. The molecule has 0 spiro atoms. The fraction of sp³-hybridized carbons (Fsp3) is 0.300.